The molecule has 0 bridgehead atoms. The van der Waals surface area contributed by atoms with Gasteiger partial charge in [0.2, 0.25) is 5.91 Å². The van der Waals surface area contributed by atoms with Crippen molar-refractivity contribution in [3.63, 3.8) is 0 Å². The summed E-state index contributed by atoms with van der Waals surface area (Å²) >= 11 is 0. The van der Waals surface area contributed by atoms with Gasteiger partial charge in [0.25, 0.3) is 0 Å². The van der Waals surface area contributed by atoms with E-state index in [1.54, 1.807) is 0 Å². The van der Waals surface area contributed by atoms with E-state index in [-0.39, 0.29) is 12.3 Å². The zero-order valence-corrected chi connectivity index (χ0v) is 12.4. The SMILES string of the molecule is CCCNCc1c(OCCC(N)=O)ccc2ccccc12. The van der Waals surface area contributed by atoms with Gasteiger partial charge in [0.15, 0.2) is 0 Å². The topological polar surface area (TPSA) is 64.3 Å². The number of carbonyl (C=O) groups is 1. The molecule has 0 spiro atoms. The number of amides is 1. The molecule has 0 saturated carbocycles. The molecular formula is C17H22N2O2. The third kappa shape index (κ3) is 4.20. The summed E-state index contributed by atoms with van der Waals surface area (Å²) in [6.07, 6.45) is 1.32. The zero-order valence-electron chi connectivity index (χ0n) is 12.4. The first-order valence-corrected chi connectivity index (χ1v) is 7.34. The molecule has 3 N–H and O–H groups in total. The fraction of sp³-hybridized carbons (Fsp3) is 0.353. The van der Waals surface area contributed by atoms with Crippen LogP contribution in [0.25, 0.3) is 10.8 Å². The molecule has 0 aliphatic heterocycles. The highest BCUT2D eigenvalue weighted by Gasteiger charge is 2.09. The zero-order chi connectivity index (χ0) is 15.1. The van der Waals surface area contributed by atoms with Crippen LogP contribution in [0.2, 0.25) is 0 Å². The number of ether oxygens (including phenoxy) is 1. The van der Waals surface area contributed by atoms with Crippen molar-refractivity contribution >= 4 is 16.7 Å². The largest absolute Gasteiger partial charge is 0.493 e. The predicted molar refractivity (Wildman–Crippen MR) is 85.3 cm³/mol. The van der Waals surface area contributed by atoms with Crippen LogP contribution >= 0.6 is 0 Å². The van der Waals surface area contributed by atoms with Gasteiger partial charge in [-0.25, -0.2) is 0 Å². The van der Waals surface area contributed by atoms with Gasteiger partial charge >= 0.3 is 0 Å². The number of nitrogens with one attached hydrogen (secondary N) is 1. The van der Waals surface area contributed by atoms with E-state index in [4.69, 9.17) is 10.5 Å². The fourth-order valence-corrected chi connectivity index (χ4v) is 2.29. The second-order valence-electron chi connectivity index (χ2n) is 5.00. The Labute approximate surface area is 125 Å². The summed E-state index contributed by atoms with van der Waals surface area (Å²) < 4.78 is 5.75. The Morgan fingerprint density at radius 3 is 2.81 bits per heavy atom. The van der Waals surface area contributed by atoms with Crippen LogP contribution in [0.1, 0.15) is 25.3 Å². The van der Waals surface area contributed by atoms with Gasteiger partial charge < -0.3 is 15.8 Å². The van der Waals surface area contributed by atoms with Crippen molar-refractivity contribution in [1.29, 1.82) is 0 Å². The summed E-state index contributed by atoms with van der Waals surface area (Å²) in [7, 11) is 0. The van der Waals surface area contributed by atoms with E-state index in [0.29, 0.717) is 6.61 Å². The quantitative estimate of drug-likeness (QED) is 0.733. The number of fused-ring (bicyclic) bond motifs is 1. The van der Waals surface area contributed by atoms with E-state index >= 15 is 0 Å². The van der Waals surface area contributed by atoms with Gasteiger partial charge in [-0.3, -0.25) is 4.79 Å². The molecule has 0 radical (unpaired) electrons. The van der Waals surface area contributed by atoms with Gasteiger partial charge in [-0.2, -0.15) is 0 Å². The summed E-state index contributed by atoms with van der Waals surface area (Å²) in [6, 6.07) is 12.2. The van der Waals surface area contributed by atoms with Crippen LogP contribution in [0, 0.1) is 0 Å². The Kier molecular flexibility index (Phi) is 5.58. The van der Waals surface area contributed by atoms with E-state index in [2.05, 4.69) is 24.4 Å². The van der Waals surface area contributed by atoms with Crippen molar-refractivity contribution < 1.29 is 9.53 Å². The smallest absolute Gasteiger partial charge is 0.220 e. The minimum Gasteiger partial charge on any atom is -0.493 e. The number of nitrogens with two attached hydrogens (primary N) is 1. The lowest BCUT2D eigenvalue weighted by Gasteiger charge is -2.14. The van der Waals surface area contributed by atoms with E-state index in [1.165, 1.54) is 10.8 Å². The molecule has 0 aliphatic carbocycles. The average Bonchev–Trinajstić information content (AvgIpc) is 2.48. The second kappa shape index (κ2) is 7.64. The molecule has 0 unspecified atom stereocenters. The third-order valence-corrected chi connectivity index (χ3v) is 3.33. The number of hydrogen-bond donors (Lipinski definition) is 2. The molecule has 4 nitrogen and oxygen atoms in total. The van der Waals surface area contributed by atoms with Gasteiger partial charge in [-0.1, -0.05) is 37.3 Å². The molecule has 2 aromatic carbocycles. The number of carbonyl (C=O) groups excluding carboxylic acids is 1. The molecule has 0 aromatic heterocycles. The molecule has 4 heteroatoms. The number of benzene rings is 2. The molecule has 1 amide bonds. The Morgan fingerprint density at radius 1 is 1.24 bits per heavy atom. The molecule has 112 valence electrons. The highest BCUT2D eigenvalue weighted by molar-refractivity contribution is 5.87. The van der Waals surface area contributed by atoms with Crippen molar-refractivity contribution in [3.8, 4) is 5.75 Å². The first-order chi connectivity index (χ1) is 10.2. The van der Waals surface area contributed by atoms with Crippen LogP contribution < -0.4 is 15.8 Å². The van der Waals surface area contributed by atoms with Gasteiger partial charge in [0, 0.05) is 12.1 Å². The molecule has 0 saturated heterocycles. The van der Waals surface area contributed by atoms with E-state index in [1.807, 2.05) is 24.3 Å². The number of hydrogen-bond acceptors (Lipinski definition) is 3. The van der Waals surface area contributed by atoms with E-state index < -0.39 is 0 Å². The summed E-state index contributed by atoms with van der Waals surface area (Å²) in [4.78, 5) is 10.8. The third-order valence-electron chi connectivity index (χ3n) is 3.33. The predicted octanol–water partition coefficient (Wildman–Crippen LogP) is 2.59. The molecule has 21 heavy (non-hydrogen) atoms. The lowest BCUT2D eigenvalue weighted by molar-refractivity contribution is -0.118. The lowest BCUT2D eigenvalue weighted by Crippen LogP contribution is -2.17. The Morgan fingerprint density at radius 2 is 2.05 bits per heavy atom. The fourth-order valence-electron chi connectivity index (χ4n) is 2.29. The first-order valence-electron chi connectivity index (χ1n) is 7.34. The minimum atomic E-state index is -0.346. The van der Waals surface area contributed by atoms with Crippen molar-refractivity contribution in [2.75, 3.05) is 13.2 Å². The molecule has 0 heterocycles. The van der Waals surface area contributed by atoms with Gasteiger partial charge in [-0.05, 0) is 29.8 Å². The number of primary amides is 1. The molecule has 0 aliphatic rings. The van der Waals surface area contributed by atoms with E-state index in [9.17, 15) is 4.79 Å². The standard InChI is InChI=1S/C17H22N2O2/c1-2-10-19-12-15-14-6-4-3-5-13(14)7-8-16(15)21-11-9-17(18)20/h3-8,19H,2,9-12H2,1H3,(H2,18,20). The summed E-state index contributed by atoms with van der Waals surface area (Å²) in [5, 5.41) is 5.78. The molecular weight excluding hydrogens is 264 g/mol. The number of rotatable bonds is 8. The van der Waals surface area contributed by atoms with Crippen LogP contribution in [-0.4, -0.2) is 19.1 Å². The normalized spacial score (nSPS) is 10.7. The maximum Gasteiger partial charge on any atom is 0.220 e. The van der Waals surface area contributed by atoms with Crippen molar-refractivity contribution in [2.45, 2.75) is 26.3 Å². The first kappa shape index (κ1) is 15.3. The monoisotopic (exact) mass is 286 g/mol. The van der Waals surface area contributed by atoms with Crippen LogP contribution in [0.4, 0.5) is 0 Å². The average molecular weight is 286 g/mol. The molecule has 0 fully saturated rings. The summed E-state index contributed by atoms with van der Waals surface area (Å²) in [5.74, 6) is 0.472. The maximum atomic E-state index is 10.8. The Balaban J connectivity index is 2.24. The van der Waals surface area contributed by atoms with Crippen molar-refractivity contribution in [1.82, 2.24) is 5.32 Å². The second-order valence-corrected chi connectivity index (χ2v) is 5.00. The van der Waals surface area contributed by atoms with Crippen molar-refractivity contribution in [2.24, 2.45) is 5.73 Å². The minimum absolute atomic E-state index is 0.231. The Bertz CT molecular complexity index is 611. The molecule has 2 rings (SSSR count). The molecule has 0 atom stereocenters. The van der Waals surface area contributed by atoms with Crippen molar-refractivity contribution in [3.05, 3.63) is 42.0 Å². The summed E-state index contributed by atoms with van der Waals surface area (Å²) in [6.45, 7) is 4.17. The van der Waals surface area contributed by atoms with Crippen LogP contribution in [0.5, 0.6) is 5.75 Å². The van der Waals surface area contributed by atoms with Gasteiger partial charge in [0.05, 0.1) is 13.0 Å². The van der Waals surface area contributed by atoms with E-state index in [0.717, 1.165) is 30.8 Å². The van der Waals surface area contributed by atoms with Crippen LogP contribution in [-0.2, 0) is 11.3 Å². The highest BCUT2D eigenvalue weighted by Crippen LogP contribution is 2.28. The lowest BCUT2D eigenvalue weighted by atomic mass is 10.0. The maximum absolute atomic E-state index is 10.8. The van der Waals surface area contributed by atoms with Gasteiger partial charge in [-0.15, -0.1) is 0 Å². The van der Waals surface area contributed by atoms with Crippen LogP contribution in [0.15, 0.2) is 36.4 Å². The summed E-state index contributed by atoms with van der Waals surface area (Å²) in [5.41, 5.74) is 6.28. The van der Waals surface area contributed by atoms with Crippen LogP contribution in [0.3, 0.4) is 0 Å². The van der Waals surface area contributed by atoms with Gasteiger partial charge in [0.1, 0.15) is 5.75 Å². The molecule has 2 aromatic rings. The Hall–Kier alpha value is -2.07. The highest BCUT2D eigenvalue weighted by atomic mass is 16.5.